The first-order chi connectivity index (χ1) is 10.2. The van der Waals surface area contributed by atoms with Crippen molar-refractivity contribution < 1.29 is 0 Å². The molecule has 0 fully saturated rings. The lowest BCUT2D eigenvalue weighted by atomic mass is 10.1. The van der Waals surface area contributed by atoms with Crippen molar-refractivity contribution in [2.45, 2.75) is 13.0 Å². The molecule has 3 aromatic rings. The number of fused-ring (bicyclic) bond motifs is 1. The molecule has 21 heavy (non-hydrogen) atoms. The molecule has 2 aromatic heterocycles. The third-order valence-corrected chi connectivity index (χ3v) is 3.56. The van der Waals surface area contributed by atoms with Crippen LogP contribution < -0.4 is 11.0 Å². The van der Waals surface area contributed by atoms with Gasteiger partial charge in [0.15, 0.2) is 5.65 Å². The molecule has 0 aliphatic carbocycles. The summed E-state index contributed by atoms with van der Waals surface area (Å²) in [4.78, 5) is 16.0. The molecular weight excluding hydrogens is 290 g/mol. The Balaban J connectivity index is 1.95. The minimum absolute atomic E-state index is 0.0621. The standard InChI is InChI=1S/C14H14ClN5O/c1-9-16-12(7-13-18-19-14(21)20(9)13)17-11(8-15)10-5-3-2-4-6-10/h2-7,11,17H,8H2,1H3,(H,19,21). The van der Waals surface area contributed by atoms with Gasteiger partial charge in [-0.3, -0.25) is 0 Å². The predicted octanol–water partition coefficient (Wildman–Crippen LogP) is 2.12. The van der Waals surface area contributed by atoms with E-state index < -0.39 is 0 Å². The van der Waals surface area contributed by atoms with Crippen LogP contribution >= 0.6 is 11.6 Å². The smallest absolute Gasteiger partial charge is 0.349 e. The van der Waals surface area contributed by atoms with Gasteiger partial charge in [-0.25, -0.2) is 19.3 Å². The number of aromatic nitrogens is 4. The first-order valence-corrected chi connectivity index (χ1v) is 7.04. The van der Waals surface area contributed by atoms with Gasteiger partial charge in [-0.05, 0) is 12.5 Å². The summed E-state index contributed by atoms with van der Waals surface area (Å²) in [6, 6.07) is 11.5. The number of rotatable bonds is 4. The Morgan fingerprint density at radius 2 is 2.14 bits per heavy atom. The van der Waals surface area contributed by atoms with Crippen molar-refractivity contribution in [3.05, 3.63) is 58.3 Å². The quantitative estimate of drug-likeness (QED) is 0.724. The topological polar surface area (TPSA) is 75.1 Å². The number of aromatic amines is 1. The second kappa shape index (κ2) is 5.57. The number of anilines is 1. The Morgan fingerprint density at radius 1 is 1.38 bits per heavy atom. The third-order valence-electron chi connectivity index (χ3n) is 3.25. The van der Waals surface area contributed by atoms with E-state index >= 15 is 0 Å². The third kappa shape index (κ3) is 2.62. The van der Waals surface area contributed by atoms with Gasteiger partial charge in [-0.1, -0.05) is 30.3 Å². The second-order valence-corrected chi connectivity index (χ2v) is 4.98. The van der Waals surface area contributed by atoms with Gasteiger partial charge in [-0.15, -0.1) is 11.6 Å². The van der Waals surface area contributed by atoms with Crippen LogP contribution in [0.3, 0.4) is 0 Å². The van der Waals surface area contributed by atoms with E-state index in [9.17, 15) is 4.79 Å². The maximum atomic E-state index is 11.6. The number of hydrogen-bond donors (Lipinski definition) is 2. The van der Waals surface area contributed by atoms with E-state index in [-0.39, 0.29) is 11.7 Å². The van der Waals surface area contributed by atoms with Crippen LogP contribution in [-0.4, -0.2) is 25.5 Å². The van der Waals surface area contributed by atoms with Crippen LogP contribution in [0.25, 0.3) is 5.65 Å². The summed E-state index contributed by atoms with van der Waals surface area (Å²) in [5.74, 6) is 1.60. The summed E-state index contributed by atoms with van der Waals surface area (Å²) in [5.41, 5.74) is 1.31. The first-order valence-electron chi connectivity index (χ1n) is 6.51. The Kier molecular flexibility index (Phi) is 3.62. The molecule has 1 unspecified atom stereocenters. The molecule has 1 aromatic carbocycles. The van der Waals surface area contributed by atoms with Gasteiger partial charge in [-0.2, -0.15) is 5.10 Å². The highest BCUT2D eigenvalue weighted by atomic mass is 35.5. The number of benzene rings is 1. The molecular formula is C14H14ClN5O. The van der Waals surface area contributed by atoms with Crippen LogP contribution in [0.15, 0.2) is 41.2 Å². The molecule has 2 N–H and O–H groups in total. The number of nitrogens with zero attached hydrogens (tertiary/aromatic N) is 3. The Labute approximate surface area is 125 Å². The summed E-state index contributed by atoms with van der Waals surface area (Å²) in [6.07, 6.45) is 0. The van der Waals surface area contributed by atoms with E-state index in [2.05, 4.69) is 20.5 Å². The summed E-state index contributed by atoms with van der Waals surface area (Å²) in [6.45, 7) is 1.76. The van der Waals surface area contributed by atoms with Crippen molar-refractivity contribution in [3.63, 3.8) is 0 Å². The second-order valence-electron chi connectivity index (χ2n) is 4.67. The highest BCUT2D eigenvalue weighted by Gasteiger charge is 2.13. The molecule has 7 heteroatoms. The molecule has 108 valence electrons. The minimum atomic E-state index is -0.293. The molecule has 0 saturated carbocycles. The Morgan fingerprint density at radius 3 is 2.86 bits per heavy atom. The van der Waals surface area contributed by atoms with E-state index in [1.165, 1.54) is 4.40 Å². The van der Waals surface area contributed by atoms with Crippen LogP contribution in [0.4, 0.5) is 5.82 Å². The number of aryl methyl sites for hydroxylation is 1. The fraction of sp³-hybridized carbons (Fsp3) is 0.214. The van der Waals surface area contributed by atoms with Gasteiger partial charge in [0, 0.05) is 11.9 Å². The lowest BCUT2D eigenvalue weighted by Gasteiger charge is -2.17. The summed E-state index contributed by atoms with van der Waals surface area (Å²) in [7, 11) is 0. The summed E-state index contributed by atoms with van der Waals surface area (Å²) >= 11 is 6.05. The van der Waals surface area contributed by atoms with Crippen LogP contribution in [0, 0.1) is 6.92 Å². The van der Waals surface area contributed by atoms with Crippen molar-refractivity contribution in [1.29, 1.82) is 0 Å². The van der Waals surface area contributed by atoms with E-state index in [0.717, 1.165) is 5.56 Å². The zero-order valence-corrected chi connectivity index (χ0v) is 12.1. The van der Waals surface area contributed by atoms with Crippen LogP contribution in [0.5, 0.6) is 0 Å². The molecule has 0 bridgehead atoms. The van der Waals surface area contributed by atoms with E-state index in [4.69, 9.17) is 11.6 Å². The average molecular weight is 304 g/mol. The minimum Gasteiger partial charge on any atom is -0.362 e. The molecule has 6 nitrogen and oxygen atoms in total. The predicted molar refractivity (Wildman–Crippen MR) is 81.9 cm³/mol. The van der Waals surface area contributed by atoms with Gasteiger partial charge in [0.2, 0.25) is 0 Å². The molecule has 0 radical (unpaired) electrons. The number of alkyl halides is 1. The van der Waals surface area contributed by atoms with Crippen LogP contribution in [-0.2, 0) is 0 Å². The molecule has 0 aliphatic heterocycles. The van der Waals surface area contributed by atoms with E-state index in [0.29, 0.717) is 23.2 Å². The highest BCUT2D eigenvalue weighted by molar-refractivity contribution is 6.18. The van der Waals surface area contributed by atoms with Crippen LogP contribution in [0.1, 0.15) is 17.4 Å². The zero-order valence-electron chi connectivity index (χ0n) is 11.4. The van der Waals surface area contributed by atoms with Crippen molar-refractivity contribution in [2.24, 2.45) is 0 Å². The molecule has 0 amide bonds. The van der Waals surface area contributed by atoms with Crippen molar-refractivity contribution >= 4 is 23.1 Å². The molecule has 0 aliphatic rings. The van der Waals surface area contributed by atoms with Gasteiger partial charge in [0.1, 0.15) is 11.6 Å². The summed E-state index contributed by atoms with van der Waals surface area (Å²) in [5, 5.41) is 9.64. The Hall–Kier alpha value is -2.34. The number of halogens is 1. The first kappa shape index (κ1) is 13.6. The van der Waals surface area contributed by atoms with Gasteiger partial charge < -0.3 is 5.32 Å². The lowest BCUT2D eigenvalue weighted by Crippen LogP contribution is -2.16. The highest BCUT2D eigenvalue weighted by Crippen LogP contribution is 2.20. The molecule has 2 heterocycles. The van der Waals surface area contributed by atoms with Crippen molar-refractivity contribution in [2.75, 3.05) is 11.2 Å². The zero-order chi connectivity index (χ0) is 14.8. The lowest BCUT2D eigenvalue weighted by molar-refractivity contribution is 0.866. The van der Waals surface area contributed by atoms with Crippen molar-refractivity contribution in [3.8, 4) is 0 Å². The normalized spacial score (nSPS) is 12.5. The molecule has 1 atom stereocenters. The maximum absolute atomic E-state index is 11.6. The largest absolute Gasteiger partial charge is 0.362 e. The van der Waals surface area contributed by atoms with Crippen molar-refractivity contribution in [1.82, 2.24) is 19.6 Å². The van der Waals surface area contributed by atoms with Gasteiger partial charge >= 0.3 is 5.69 Å². The van der Waals surface area contributed by atoms with Gasteiger partial charge in [0.25, 0.3) is 0 Å². The molecule has 0 saturated heterocycles. The van der Waals surface area contributed by atoms with E-state index in [1.807, 2.05) is 30.3 Å². The van der Waals surface area contributed by atoms with Crippen LogP contribution in [0.2, 0.25) is 0 Å². The fourth-order valence-corrected chi connectivity index (χ4v) is 2.50. The number of nitrogens with one attached hydrogen (secondary N) is 2. The number of hydrogen-bond acceptors (Lipinski definition) is 4. The maximum Gasteiger partial charge on any atom is 0.349 e. The molecule has 0 spiro atoms. The average Bonchev–Trinajstić information content (AvgIpc) is 2.87. The number of H-pyrrole nitrogens is 1. The fourth-order valence-electron chi connectivity index (χ4n) is 2.25. The Bertz CT molecular complexity index is 811. The SMILES string of the molecule is Cc1nc(NC(CCl)c2ccccc2)cc2n[nH]c(=O)n12. The monoisotopic (exact) mass is 303 g/mol. The van der Waals surface area contributed by atoms with E-state index in [1.54, 1.807) is 13.0 Å². The van der Waals surface area contributed by atoms with Gasteiger partial charge in [0.05, 0.1) is 6.04 Å². The summed E-state index contributed by atoms with van der Waals surface area (Å²) < 4.78 is 1.42. The molecule has 3 rings (SSSR count).